The molecule has 116 valence electrons. The molecule has 0 atom stereocenters. The lowest BCUT2D eigenvalue weighted by atomic mass is 10.1. The molecule has 1 aromatic heterocycles. The number of hydrogen-bond donors (Lipinski definition) is 1. The first-order chi connectivity index (χ1) is 10.3. The Bertz CT molecular complexity index is 724. The number of aryl methyl sites for hydroxylation is 1. The van der Waals surface area contributed by atoms with E-state index < -0.39 is 10.9 Å². The van der Waals surface area contributed by atoms with Gasteiger partial charge in [-0.05, 0) is 17.8 Å². The van der Waals surface area contributed by atoms with E-state index in [1.165, 1.54) is 30.0 Å². The zero-order valence-corrected chi connectivity index (χ0v) is 13.1. The molecule has 0 spiro atoms. The summed E-state index contributed by atoms with van der Waals surface area (Å²) in [6, 6.07) is 4.06. The van der Waals surface area contributed by atoms with Gasteiger partial charge in [0.15, 0.2) is 0 Å². The van der Waals surface area contributed by atoms with Crippen molar-refractivity contribution in [3.63, 3.8) is 0 Å². The Morgan fingerprint density at radius 3 is 2.73 bits per heavy atom. The largest absolute Gasteiger partial charge is 0.478 e. The highest BCUT2D eigenvalue weighted by molar-refractivity contribution is 7.98. The number of rotatable bonds is 5. The van der Waals surface area contributed by atoms with Gasteiger partial charge in [0.1, 0.15) is 0 Å². The lowest BCUT2D eigenvalue weighted by molar-refractivity contribution is -0.715. The van der Waals surface area contributed by atoms with Gasteiger partial charge in [-0.25, -0.2) is 9.36 Å². The van der Waals surface area contributed by atoms with Crippen LogP contribution in [0.5, 0.6) is 0 Å². The van der Waals surface area contributed by atoms with Crippen molar-refractivity contribution < 1.29 is 19.4 Å². The molecule has 0 aliphatic heterocycles. The molecule has 2 aromatic rings. The molecular formula is C13H15N4O4S+. The fraction of sp³-hybridized carbons (Fsp3) is 0.308. The highest BCUT2D eigenvalue weighted by Crippen LogP contribution is 2.28. The monoisotopic (exact) mass is 323 g/mol. The summed E-state index contributed by atoms with van der Waals surface area (Å²) in [5.74, 6) is -0.104. The molecule has 0 bridgehead atoms. The predicted molar refractivity (Wildman–Crippen MR) is 78.7 cm³/mol. The zero-order chi connectivity index (χ0) is 16.4. The maximum absolute atomic E-state index is 11.3. The predicted octanol–water partition coefficient (Wildman–Crippen LogP) is 1.45. The summed E-state index contributed by atoms with van der Waals surface area (Å²) in [7, 11) is 3.63. The Labute approximate surface area is 130 Å². The minimum atomic E-state index is -1.18. The lowest BCUT2D eigenvalue weighted by Gasteiger charge is -2.05. The molecular weight excluding hydrogens is 308 g/mol. The average molecular weight is 323 g/mol. The number of hydrogen-bond acceptors (Lipinski definition) is 5. The van der Waals surface area contributed by atoms with Crippen LogP contribution in [0.15, 0.2) is 23.4 Å². The molecule has 9 heteroatoms. The Morgan fingerprint density at radius 2 is 2.23 bits per heavy atom. The maximum Gasteiger partial charge on any atom is 0.336 e. The van der Waals surface area contributed by atoms with E-state index in [9.17, 15) is 20.0 Å². The molecule has 8 nitrogen and oxygen atoms in total. The number of benzene rings is 1. The summed E-state index contributed by atoms with van der Waals surface area (Å²) in [6.07, 6.45) is 0. The van der Waals surface area contributed by atoms with Gasteiger partial charge >= 0.3 is 11.1 Å². The summed E-state index contributed by atoms with van der Waals surface area (Å²) in [4.78, 5) is 21.8. The molecule has 0 saturated heterocycles. The minimum absolute atomic E-state index is 0.0583. The standard InChI is InChI=1S/C13H14N4O4S/c1-8-15(2)13(14-16(8)3)22-7-10-9(12(18)19)5-4-6-11(10)17(20)21/h4-6H,7H2,1-3H3/p+1. The van der Waals surface area contributed by atoms with Crippen LogP contribution in [-0.4, -0.2) is 25.8 Å². The lowest BCUT2D eigenvalue weighted by Crippen LogP contribution is -2.32. The van der Waals surface area contributed by atoms with Gasteiger partial charge in [0.05, 0.1) is 35.2 Å². The fourth-order valence-electron chi connectivity index (χ4n) is 1.98. The second kappa shape index (κ2) is 6.14. The first-order valence-corrected chi connectivity index (χ1v) is 7.33. The van der Waals surface area contributed by atoms with Gasteiger partial charge in [-0.3, -0.25) is 10.1 Å². The third-order valence-electron chi connectivity index (χ3n) is 3.40. The van der Waals surface area contributed by atoms with Gasteiger partial charge < -0.3 is 5.11 Å². The Balaban J connectivity index is 2.38. The number of carboxylic acids is 1. The molecule has 1 aromatic carbocycles. The molecule has 0 unspecified atom stereocenters. The maximum atomic E-state index is 11.3. The number of nitro benzene ring substituents is 1. The molecule has 0 amide bonds. The van der Waals surface area contributed by atoms with Crippen molar-refractivity contribution in [2.45, 2.75) is 17.8 Å². The van der Waals surface area contributed by atoms with Crippen LogP contribution in [-0.2, 0) is 19.8 Å². The van der Waals surface area contributed by atoms with E-state index in [1.54, 1.807) is 11.7 Å². The van der Waals surface area contributed by atoms with E-state index in [1.807, 2.05) is 18.5 Å². The van der Waals surface area contributed by atoms with Crippen molar-refractivity contribution in [1.29, 1.82) is 0 Å². The van der Waals surface area contributed by atoms with Crippen LogP contribution < -0.4 is 4.57 Å². The Morgan fingerprint density at radius 1 is 1.55 bits per heavy atom. The molecule has 0 radical (unpaired) electrons. The summed E-state index contributed by atoms with van der Waals surface area (Å²) in [5.41, 5.74) is -0.0620. The normalized spacial score (nSPS) is 10.7. The summed E-state index contributed by atoms with van der Waals surface area (Å²) in [6.45, 7) is 1.89. The van der Waals surface area contributed by atoms with E-state index in [-0.39, 0.29) is 22.6 Å². The fourth-order valence-corrected chi connectivity index (χ4v) is 3.07. The topological polar surface area (TPSA) is 102 Å². The SMILES string of the molecule is Cc1n(C)nc(SCc2c(C(=O)O)cccc2[N+](=O)[O-])[n+]1C. The van der Waals surface area contributed by atoms with Crippen molar-refractivity contribution in [1.82, 2.24) is 9.78 Å². The van der Waals surface area contributed by atoms with Gasteiger partial charge in [-0.1, -0.05) is 6.07 Å². The molecule has 1 heterocycles. The summed E-state index contributed by atoms with van der Waals surface area (Å²) < 4.78 is 3.54. The number of aromatic nitrogens is 3. The molecule has 1 N–H and O–H groups in total. The van der Waals surface area contributed by atoms with E-state index in [0.29, 0.717) is 5.16 Å². The zero-order valence-electron chi connectivity index (χ0n) is 12.3. The van der Waals surface area contributed by atoms with Gasteiger partial charge in [0.25, 0.3) is 5.69 Å². The molecule has 0 fully saturated rings. The highest BCUT2D eigenvalue weighted by Gasteiger charge is 2.24. The van der Waals surface area contributed by atoms with Gasteiger partial charge in [0, 0.05) is 18.7 Å². The van der Waals surface area contributed by atoms with Crippen molar-refractivity contribution >= 4 is 23.4 Å². The van der Waals surface area contributed by atoms with Crippen molar-refractivity contribution in [2.75, 3.05) is 0 Å². The number of aromatic carboxylic acids is 1. The number of nitro groups is 1. The molecule has 0 saturated carbocycles. The van der Waals surface area contributed by atoms with Crippen molar-refractivity contribution in [3.05, 3.63) is 45.3 Å². The van der Waals surface area contributed by atoms with Crippen LogP contribution in [0.4, 0.5) is 5.69 Å². The van der Waals surface area contributed by atoms with Crippen molar-refractivity contribution in [2.24, 2.45) is 14.1 Å². The number of carbonyl (C=O) groups is 1. The molecule has 0 aliphatic rings. The number of carboxylic acid groups (broad SMARTS) is 1. The third-order valence-corrected chi connectivity index (χ3v) is 4.45. The second-order valence-electron chi connectivity index (χ2n) is 4.67. The molecule has 0 aliphatic carbocycles. The number of nitrogens with zero attached hydrogens (tertiary/aromatic N) is 4. The third kappa shape index (κ3) is 2.93. The second-order valence-corrected chi connectivity index (χ2v) is 5.61. The van der Waals surface area contributed by atoms with E-state index in [2.05, 4.69) is 5.10 Å². The van der Waals surface area contributed by atoms with Gasteiger partial charge in [-0.2, -0.15) is 0 Å². The van der Waals surface area contributed by atoms with Crippen LogP contribution in [0.25, 0.3) is 0 Å². The molecule has 22 heavy (non-hydrogen) atoms. The highest BCUT2D eigenvalue weighted by atomic mass is 32.2. The first-order valence-electron chi connectivity index (χ1n) is 6.35. The number of thioether (sulfide) groups is 1. The van der Waals surface area contributed by atoms with Gasteiger partial charge in [0.2, 0.25) is 5.82 Å². The van der Waals surface area contributed by atoms with E-state index in [4.69, 9.17) is 0 Å². The van der Waals surface area contributed by atoms with Crippen LogP contribution in [0.2, 0.25) is 0 Å². The minimum Gasteiger partial charge on any atom is -0.478 e. The van der Waals surface area contributed by atoms with Crippen LogP contribution >= 0.6 is 11.8 Å². The van der Waals surface area contributed by atoms with Crippen LogP contribution in [0, 0.1) is 17.0 Å². The van der Waals surface area contributed by atoms with E-state index in [0.717, 1.165) is 5.82 Å². The first kappa shape index (κ1) is 16.0. The van der Waals surface area contributed by atoms with E-state index >= 15 is 0 Å². The Hall–Kier alpha value is -2.42. The quantitative estimate of drug-likeness (QED) is 0.387. The Kier molecular flexibility index (Phi) is 4.45. The summed E-state index contributed by atoms with van der Waals surface area (Å²) in [5, 5.41) is 25.3. The summed E-state index contributed by atoms with van der Waals surface area (Å²) >= 11 is 1.26. The van der Waals surface area contributed by atoms with Crippen LogP contribution in [0.1, 0.15) is 21.7 Å². The van der Waals surface area contributed by atoms with Gasteiger partial charge in [-0.15, -0.1) is 4.68 Å². The smallest absolute Gasteiger partial charge is 0.336 e. The molecule has 2 rings (SSSR count). The average Bonchev–Trinajstić information content (AvgIpc) is 2.71. The van der Waals surface area contributed by atoms with Crippen LogP contribution in [0.3, 0.4) is 0 Å². The van der Waals surface area contributed by atoms with Crippen molar-refractivity contribution in [3.8, 4) is 0 Å².